The molecule has 3 aromatic rings. The Balaban J connectivity index is 1.78. The van der Waals surface area contributed by atoms with Crippen molar-refractivity contribution in [3.63, 3.8) is 0 Å². The molecule has 6 heteroatoms. The summed E-state index contributed by atoms with van der Waals surface area (Å²) >= 11 is 6.07. The van der Waals surface area contributed by atoms with Gasteiger partial charge in [-0.3, -0.25) is 14.3 Å². The van der Waals surface area contributed by atoms with E-state index < -0.39 is 0 Å². The third-order valence-electron chi connectivity index (χ3n) is 4.71. The number of benzene rings is 1. The van der Waals surface area contributed by atoms with Crippen molar-refractivity contribution in [2.24, 2.45) is 0 Å². The van der Waals surface area contributed by atoms with Gasteiger partial charge in [0, 0.05) is 28.5 Å². The Kier molecular flexibility index (Phi) is 5.32. The molecule has 1 N–H and O–H groups in total. The number of nitrogens with one attached hydrogen (secondary N) is 1. The monoisotopic (exact) mass is 404 g/mol. The Morgan fingerprint density at radius 1 is 1.24 bits per heavy atom. The van der Waals surface area contributed by atoms with Gasteiger partial charge in [-0.25, -0.2) is 4.98 Å². The van der Waals surface area contributed by atoms with E-state index in [1.807, 2.05) is 54.0 Å². The number of allylic oxidation sites excluding steroid dienone is 1. The van der Waals surface area contributed by atoms with Gasteiger partial charge >= 0.3 is 0 Å². The Morgan fingerprint density at radius 2 is 2.00 bits per heavy atom. The lowest BCUT2D eigenvalue weighted by atomic mass is 10.2. The molecule has 4 rings (SSSR count). The second kappa shape index (κ2) is 8.05. The lowest BCUT2D eigenvalue weighted by Gasteiger charge is -2.11. The standard InChI is InChI=1S/C23H21ClN4O/c1-3-5-19-21(4-2)28(18-11-7-16(24)8-12-18)22(27-19)15-6-13-20(25-14-15)23(29)26-17-9-10-17/h3-8,11-14,17H,2,9-10H2,1H3,(H,26,29)/b5-3-. The highest BCUT2D eigenvalue weighted by atomic mass is 35.5. The topological polar surface area (TPSA) is 59.8 Å². The van der Waals surface area contributed by atoms with Crippen molar-refractivity contribution in [3.8, 4) is 17.1 Å². The highest BCUT2D eigenvalue weighted by molar-refractivity contribution is 6.30. The average molecular weight is 405 g/mol. The first-order chi connectivity index (χ1) is 14.1. The first kappa shape index (κ1) is 19.2. The predicted octanol–water partition coefficient (Wildman–Crippen LogP) is 5.16. The quantitative estimate of drug-likeness (QED) is 0.617. The van der Waals surface area contributed by atoms with Gasteiger partial charge in [-0.05, 0) is 68.3 Å². The van der Waals surface area contributed by atoms with Crippen molar-refractivity contribution in [1.82, 2.24) is 19.9 Å². The Bertz CT molecular complexity index is 1080. The number of hydrogen-bond donors (Lipinski definition) is 1. The highest BCUT2D eigenvalue weighted by Crippen LogP contribution is 2.29. The summed E-state index contributed by atoms with van der Waals surface area (Å²) in [7, 11) is 0. The second-order valence-electron chi connectivity index (χ2n) is 6.90. The van der Waals surface area contributed by atoms with Gasteiger partial charge in [0.15, 0.2) is 0 Å². The summed E-state index contributed by atoms with van der Waals surface area (Å²) in [6, 6.07) is 11.5. The van der Waals surface area contributed by atoms with E-state index in [-0.39, 0.29) is 5.91 Å². The van der Waals surface area contributed by atoms with Crippen molar-refractivity contribution >= 4 is 29.7 Å². The van der Waals surface area contributed by atoms with Gasteiger partial charge < -0.3 is 5.32 Å². The van der Waals surface area contributed by atoms with E-state index >= 15 is 0 Å². The molecule has 1 fully saturated rings. The summed E-state index contributed by atoms with van der Waals surface area (Å²) in [5.41, 5.74) is 3.81. The van der Waals surface area contributed by atoms with E-state index in [4.69, 9.17) is 16.6 Å². The number of halogens is 1. The first-order valence-electron chi connectivity index (χ1n) is 9.52. The fourth-order valence-corrected chi connectivity index (χ4v) is 3.25. The van der Waals surface area contributed by atoms with Gasteiger partial charge in [0.2, 0.25) is 0 Å². The number of imidazole rings is 1. The number of hydrogen-bond acceptors (Lipinski definition) is 3. The normalized spacial score (nSPS) is 13.6. The molecule has 0 aliphatic heterocycles. The lowest BCUT2D eigenvalue weighted by molar-refractivity contribution is 0.0946. The van der Waals surface area contributed by atoms with Gasteiger partial charge in [0.25, 0.3) is 5.91 Å². The summed E-state index contributed by atoms with van der Waals surface area (Å²) in [5, 5.41) is 3.62. The minimum atomic E-state index is -0.138. The van der Waals surface area contributed by atoms with E-state index in [1.165, 1.54) is 0 Å². The maximum atomic E-state index is 12.2. The number of pyridine rings is 1. The molecule has 2 heterocycles. The van der Waals surface area contributed by atoms with Crippen molar-refractivity contribution in [2.75, 3.05) is 0 Å². The van der Waals surface area contributed by atoms with Crippen LogP contribution in [0, 0.1) is 0 Å². The SMILES string of the molecule is C=Cc1c(/C=C\C)nc(-c2ccc(C(=O)NC3CC3)nc2)n1-c1ccc(Cl)cc1. The van der Waals surface area contributed by atoms with Crippen LogP contribution < -0.4 is 5.32 Å². The van der Waals surface area contributed by atoms with E-state index in [0.717, 1.165) is 41.3 Å². The maximum Gasteiger partial charge on any atom is 0.270 e. The smallest absolute Gasteiger partial charge is 0.270 e. The molecule has 1 aromatic carbocycles. The highest BCUT2D eigenvalue weighted by Gasteiger charge is 2.24. The zero-order chi connectivity index (χ0) is 20.4. The fourth-order valence-electron chi connectivity index (χ4n) is 3.12. The molecule has 1 aliphatic carbocycles. The van der Waals surface area contributed by atoms with Gasteiger partial charge in [-0.15, -0.1) is 0 Å². The molecular weight excluding hydrogens is 384 g/mol. The molecule has 0 radical (unpaired) electrons. The molecule has 2 aromatic heterocycles. The minimum absolute atomic E-state index is 0.138. The summed E-state index contributed by atoms with van der Waals surface area (Å²) in [4.78, 5) is 21.4. The molecule has 1 aliphatic rings. The van der Waals surface area contributed by atoms with Crippen LogP contribution in [-0.2, 0) is 0 Å². The van der Waals surface area contributed by atoms with E-state index in [1.54, 1.807) is 18.3 Å². The number of nitrogens with zero attached hydrogens (tertiary/aromatic N) is 3. The summed E-state index contributed by atoms with van der Waals surface area (Å²) in [6.45, 7) is 5.91. The fraction of sp³-hybridized carbons (Fsp3) is 0.174. The largest absolute Gasteiger partial charge is 0.348 e. The number of carbonyl (C=O) groups is 1. The molecule has 0 unspecified atom stereocenters. The molecule has 1 saturated carbocycles. The molecule has 0 bridgehead atoms. The Hall–Kier alpha value is -3.18. The summed E-state index contributed by atoms with van der Waals surface area (Å²) in [6.07, 6.45) is 9.43. The van der Waals surface area contributed by atoms with Gasteiger partial charge in [-0.1, -0.05) is 24.3 Å². The minimum Gasteiger partial charge on any atom is -0.348 e. The van der Waals surface area contributed by atoms with Crippen LogP contribution >= 0.6 is 11.6 Å². The van der Waals surface area contributed by atoms with Crippen LogP contribution in [0.1, 0.15) is 41.6 Å². The number of carbonyl (C=O) groups excluding carboxylic acids is 1. The molecule has 29 heavy (non-hydrogen) atoms. The van der Waals surface area contributed by atoms with Gasteiger partial charge in [0.1, 0.15) is 11.5 Å². The molecule has 1 amide bonds. The van der Waals surface area contributed by atoms with Crippen LogP contribution in [0.2, 0.25) is 5.02 Å². The molecule has 0 saturated heterocycles. The second-order valence-corrected chi connectivity index (χ2v) is 7.34. The molecule has 5 nitrogen and oxygen atoms in total. The molecule has 146 valence electrons. The third kappa shape index (κ3) is 4.00. The van der Waals surface area contributed by atoms with Crippen molar-refractivity contribution in [3.05, 3.63) is 77.4 Å². The van der Waals surface area contributed by atoms with Gasteiger partial charge in [-0.2, -0.15) is 0 Å². The number of amides is 1. The van der Waals surface area contributed by atoms with Crippen molar-refractivity contribution < 1.29 is 4.79 Å². The summed E-state index contributed by atoms with van der Waals surface area (Å²) in [5.74, 6) is 0.582. The number of aromatic nitrogens is 3. The van der Waals surface area contributed by atoms with E-state index in [9.17, 15) is 4.79 Å². The number of rotatable bonds is 6. The van der Waals surface area contributed by atoms with E-state index in [0.29, 0.717) is 16.8 Å². The van der Waals surface area contributed by atoms with Crippen LogP contribution in [0.25, 0.3) is 29.2 Å². The molecule has 0 spiro atoms. The Morgan fingerprint density at radius 3 is 2.59 bits per heavy atom. The van der Waals surface area contributed by atoms with Crippen LogP contribution in [0.5, 0.6) is 0 Å². The zero-order valence-corrected chi connectivity index (χ0v) is 16.9. The molecular formula is C23H21ClN4O. The van der Waals surface area contributed by atoms with Crippen molar-refractivity contribution in [1.29, 1.82) is 0 Å². The van der Waals surface area contributed by atoms with E-state index in [2.05, 4.69) is 16.9 Å². The average Bonchev–Trinajstić information content (AvgIpc) is 3.47. The maximum absolute atomic E-state index is 12.2. The van der Waals surface area contributed by atoms with Crippen LogP contribution in [0.4, 0.5) is 0 Å². The zero-order valence-electron chi connectivity index (χ0n) is 16.1. The van der Waals surface area contributed by atoms with Crippen LogP contribution in [0.15, 0.2) is 55.3 Å². The lowest BCUT2D eigenvalue weighted by Crippen LogP contribution is -2.26. The predicted molar refractivity (Wildman–Crippen MR) is 117 cm³/mol. The van der Waals surface area contributed by atoms with Crippen molar-refractivity contribution in [2.45, 2.75) is 25.8 Å². The molecule has 0 atom stereocenters. The summed E-state index contributed by atoms with van der Waals surface area (Å²) < 4.78 is 2.01. The van der Waals surface area contributed by atoms with Crippen LogP contribution in [-0.4, -0.2) is 26.5 Å². The Labute approximate surface area is 174 Å². The van der Waals surface area contributed by atoms with Gasteiger partial charge in [0.05, 0.1) is 11.4 Å². The third-order valence-corrected chi connectivity index (χ3v) is 4.96. The first-order valence-corrected chi connectivity index (χ1v) is 9.89. The van der Waals surface area contributed by atoms with Crippen LogP contribution in [0.3, 0.4) is 0 Å².